The molecule has 0 saturated carbocycles. The molecule has 55 heavy (non-hydrogen) atoms. The number of amides is 4. The number of rotatable bonds is 22. The van der Waals surface area contributed by atoms with Crippen molar-refractivity contribution in [2.75, 3.05) is 6.61 Å². The van der Waals surface area contributed by atoms with E-state index in [2.05, 4.69) is 31.2 Å². The first kappa shape index (κ1) is 42.7. The molecule has 296 valence electrons. The Morgan fingerprint density at radius 1 is 0.782 bits per heavy atom. The summed E-state index contributed by atoms with van der Waals surface area (Å²) in [6, 6.07) is 20.2. The van der Waals surface area contributed by atoms with Crippen LogP contribution in [0.3, 0.4) is 0 Å². The van der Waals surface area contributed by atoms with E-state index in [1.54, 1.807) is 6.20 Å². The standard InChI is InChI=1S/C43H58N6O6/c1-5-29(4)38(26-50)47-41(53)24-39(51)35(21-28(2)3)48-43(55)37(23-33-25-44-27-45-33)49-42(54)36(22-32-18-12-17-31-16-9-10-19-34(31)32)46-40(52)20-11-15-30-13-7-6-8-14-30/h6-10,12-14,16-19,25,27-29,35-39,50-51H,5,11,15,20-24,26H2,1-4H3,(H,44,45)(H,46,52)(H,47,53)(H,48,55)(H,49,54)/t29?,35?,36-,37-,38+,39?/m0/s1. The molecule has 3 aromatic carbocycles. The van der Waals surface area contributed by atoms with Gasteiger partial charge in [-0.25, -0.2) is 4.98 Å². The predicted molar refractivity (Wildman–Crippen MR) is 214 cm³/mol. The first-order valence-corrected chi connectivity index (χ1v) is 19.4. The molecule has 1 aromatic heterocycles. The average Bonchev–Trinajstić information content (AvgIpc) is 3.69. The molecule has 0 bridgehead atoms. The number of aliphatic hydroxyl groups excluding tert-OH is 2. The summed E-state index contributed by atoms with van der Waals surface area (Å²) in [4.78, 5) is 61.7. The lowest BCUT2D eigenvalue weighted by atomic mass is 9.95. The zero-order valence-corrected chi connectivity index (χ0v) is 32.5. The van der Waals surface area contributed by atoms with Crippen molar-refractivity contribution in [2.24, 2.45) is 11.8 Å². The van der Waals surface area contributed by atoms with Gasteiger partial charge in [-0.05, 0) is 53.0 Å². The first-order valence-electron chi connectivity index (χ1n) is 19.4. The number of nitrogens with zero attached hydrogens (tertiary/aromatic N) is 1. The second kappa shape index (κ2) is 21.7. The number of hydrogen-bond donors (Lipinski definition) is 7. The van der Waals surface area contributed by atoms with Crippen LogP contribution in [0.1, 0.15) is 76.6 Å². The largest absolute Gasteiger partial charge is 0.394 e. The van der Waals surface area contributed by atoms with Crippen molar-refractivity contribution in [3.05, 3.63) is 102 Å². The van der Waals surface area contributed by atoms with Gasteiger partial charge in [-0.15, -0.1) is 0 Å². The number of aryl methyl sites for hydroxylation is 1. The number of hydrogen-bond acceptors (Lipinski definition) is 7. The van der Waals surface area contributed by atoms with Crippen molar-refractivity contribution >= 4 is 34.4 Å². The first-order chi connectivity index (χ1) is 26.5. The van der Waals surface area contributed by atoms with E-state index in [0.29, 0.717) is 25.0 Å². The maximum absolute atomic E-state index is 14.3. The van der Waals surface area contributed by atoms with Crippen molar-refractivity contribution in [1.82, 2.24) is 31.2 Å². The third kappa shape index (κ3) is 13.6. The highest BCUT2D eigenvalue weighted by atomic mass is 16.3. The number of fused-ring (bicyclic) bond motifs is 1. The lowest BCUT2D eigenvalue weighted by Crippen LogP contribution is -2.57. The zero-order valence-electron chi connectivity index (χ0n) is 32.5. The number of imidazole rings is 1. The molecule has 0 aliphatic rings. The number of aromatic nitrogens is 2. The fourth-order valence-corrected chi connectivity index (χ4v) is 6.72. The van der Waals surface area contributed by atoms with Gasteiger partial charge in [0.15, 0.2) is 0 Å². The SMILES string of the molecule is CCC(C)[C@@H](CO)NC(=O)CC(O)C(CC(C)C)NC(=O)[C@H](Cc1cnc[nH]1)NC(=O)[C@H](Cc1cccc2ccccc12)NC(=O)CCCc1ccccc1. The molecule has 12 nitrogen and oxygen atoms in total. The van der Waals surface area contributed by atoms with Crippen LogP contribution in [0.25, 0.3) is 10.8 Å². The maximum Gasteiger partial charge on any atom is 0.243 e. The van der Waals surface area contributed by atoms with Crippen LogP contribution in [0.5, 0.6) is 0 Å². The predicted octanol–water partition coefficient (Wildman–Crippen LogP) is 4.15. The van der Waals surface area contributed by atoms with Crippen molar-refractivity contribution in [3.8, 4) is 0 Å². The molecule has 6 atom stereocenters. The van der Waals surface area contributed by atoms with Crippen LogP contribution in [0.2, 0.25) is 0 Å². The number of carbonyl (C=O) groups is 4. The monoisotopic (exact) mass is 754 g/mol. The Balaban J connectivity index is 1.53. The van der Waals surface area contributed by atoms with Crippen LogP contribution in [0, 0.1) is 11.8 Å². The van der Waals surface area contributed by atoms with Gasteiger partial charge in [0, 0.05) is 31.2 Å². The second-order valence-electron chi connectivity index (χ2n) is 14.9. The number of H-pyrrole nitrogens is 1. The summed E-state index contributed by atoms with van der Waals surface area (Å²) in [6.45, 7) is 7.56. The highest BCUT2D eigenvalue weighted by molar-refractivity contribution is 5.93. The fourth-order valence-electron chi connectivity index (χ4n) is 6.72. The highest BCUT2D eigenvalue weighted by Gasteiger charge is 2.32. The van der Waals surface area contributed by atoms with Crippen molar-refractivity contribution in [2.45, 2.75) is 109 Å². The average molecular weight is 755 g/mol. The van der Waals surface area contributed by atoms with Crippen LogP contribution < -0.4 is 21.3 Å². The third-order valence-corrected chi connectivity index (χ3v) is 10.1. The van der Waals surface area contributed by atoms with E-state index in [9.17, 15) is 29.4 Å². The Hall–Kier alpha value is -5.07. The quantitative estimate of drug-likeness (QED) is 0.0629. The van der Waals surface area contributed by atoms with Gasteiger partial charge in [-0.1, -0.05) is 107 Å². The Bertz CT molecular complexity index is 1790. The summed E-state index contributed by atoms with van der Waals surface area (Å²) in [5.41, 5.74) is 2.58. The molecule has 4 aromatic rings. The number of carbonyl (C=O) groups excluding carboxylic acids is 4. The van der Waals surface area contributed by atoms with E-state index in [0.717, 1.165) is 28.3 Å². The molecule has 4 amide bonds. The molecule has 7 N–H and O–H groups in total. The van der Waals surface area contributed by atoms with Gasteiger partial charge < -0.3 is 36.5 Å². The van der Waals surface area contributed by atoms with E-state index in [1.807, 2.05) is 100 Å². The van der Waals surface area contributed by atoms with Crippen LogP contribution >= 0.6 is 0 Å². The summed E-state index contributed by atoms with van der Waals surface area (Å²) >= 11 is 0. The summed E-state index contributed by atoms with van der Waals surface area (Å²) in [6.07, 6.45) is 4.41. The Kier molecular flexibility index (Phi) is 16.9. The molecule has 12 heteroatoms. The summed E-state index contributed by atoms with van der Waals surface area (Å²) in [5.74, 6) is -1.72. The minimum Gasteiger partial charge on any atom is -0.394 e. The number of aliphatic hydroxyl groups is 2. The highest BCUT2D eigenvalue weighted by Crippen LogP contribution is 2.21. The van der Waals surface area contributed by atoms with E-state index in [1.165, 1.54) is 6.33 Å². The molecule has 0 aliphatic carbocycles. The van der Waals surface area contributed by atoms with E-state index in [4.69, 9.17) is 0 Å². The second-order valence-corrected chi connectivity index (χ2v) is 14.9. The van der Waals surface area contributed by atoms with Crippen LogP contribution in [-0.4, -0.2) is 80.7 Å². The maximum atomic E-state index is 14.3. The Labute approximate surface area is 324 Å². The Morgan fingerprint density at radius 2 is 1.47 bits per heavy atom. The lowest BCUT2D eigenvalue weighted by molar-refractivity contribution is -0.133. The van der Waals surface area contributed by atoms with Gasteiger partial charge >= 0.3 is 0 Å². The molecule has 1 heterocycles. The van der Waals surface area contributed by atoms with Gasteiger partial charge in [-0.2, -0.15) is 0 Å². The zero-order chi connectivity index (χ0) is 39.7. The third-order valence-electron chi connectivity index (χ3n) is 10.1. The van der Waals surface area contributed by atoms with Gasteiger partial charge in [0.25, 0.3) is 0 Å². The van der Waals surface area contributed by atoms with E-state index >= 15 is 0 Å². The normalized spacial score (nSPS) is 14.7. The molecular weight excluding hydrogens is 697 g/mol. The van der Waals surface area contributed by atoms with Crippen LogP contribution in [-0.2, 0) is 38.4 Å². The number of benzene rings is 3. The number of nitrogens with one attached hydrogen (secondary N) is 5. The molecule has 3 unspecified atom stereocenters. The lowest BCUT2D eigenvalue weighted by Gasteiger charge is -2.29. The molecule has 0 radical (unpaired) electrons. The van der Waals surface area contributed by atoms with Gasteiger partial charge in [0.1, 0.15) is 12.1 Å². The minimum atomic E-state index is -1.24. The summed E-state index contributed by atoms with van der Waals surface area (Å²) < 4.78 is 0. The van der Waals surface area contributed by atoms with E-state index < -0.39 is 48.0 Å². The van der Waals surface area contributed by atoms with Gasteiger partial charge in [0.2, 0.25) is 23.6 Å². The Morgan fingerprint density at radius 3 is 2.16 bits per heavy atom. The van der Waals surface area contributed by atoms with Crippen molar-refractivity contribution < 1.29 is 29.4 Å². The molecule has 0 aliphatic heterocycles. The van der Waals surface area contributed by atoms with Crippen LogP contribution in [0.4, 0.5) is 0 Å². The van der Waals surface area contributed by atoms with Gasteiger partial charge in [0.05, 0.1) is 37.5 Å². The summed E-state index contributed by atoms with van der Waals surface area (Å²) in [5, 5.41) is 34.6. The van der Waals surface area contributed by atoms with Crippen molar-refractivity contribution in [1.29, 1.82) is 0 Å². The number of aromatic amines is 1. The van der Waals surface area contributed by atoms with Crippen LogP contribution in [0.15, 0.2) is 85.3 Å². The van der Waals surface area contributed by atoms with Crippen molar-refractivity contribution in [3.63, 3.8) is 0 Å². The molecule has 0 saturated heterocycles. The minimum absolute atomic E-state index is 0.0348. The molecule has 0 fully saturated rings. The topological polar surface area (TPSA) is 186 Å². The van der Waals surface area contributed by atoms with E-state index in [-0.39, 0.29) is 50.0 Å². The summed E-state index contributed by atoms with van der Waals surface area (Å²) in [7, 11) is 0. The van der Waals surface area contributed by atoms with Gasteiger partial charge in [-0.3, -0.25) is 19.2 Å². The molecular formula is C43H58N6O6. The molecule has 4 rings (SSSR count). The smallest absolute Gasteiger partial charge is 0.243 e. The fraction of sp³-hybridized carbons (Fsp3) is 0.465. The molecule has 0 spiro atoms.